The molecule has 0 aromatic heterocycles. The molecule has 0 aliphatic carbocycles. The summed E-state index contributed by atoms with van der Waals surface area (Å²) >= 11 is 0. The second kappa shape index (κ2) is 7.47. The van der Waals surface area contributed by atoms with Gasteiger partial charge in [0.05, 0.1) is 18.5 Å². The van der Waals surface area contributed by atoms with E-state index in [9.17, 15) is 0 Å². The fourth-order valence-corrected chi connectivity index (χ4v) is 2.49. The molecule has 0 bridgehead atoms. The van der Waals surface area contributed by atoms with Crippen molar-refractivity contribution >= 4 is 5.69 Å². The van der Waals surface area contributed by atoms with Gasteiger partial charge in [-0.05, 0) is 24.6 Å². The first-order chi connectivity index (χ1) is 10.3. The quantitative estimate of drug-likeness (QED) is 0.881. The van der Waals surface area contributed by atoms with E-state index in [4.69, 9.17) is 11.0 Å². The normalized spacial score (nSPS) is 11.7. The molecule has 0 aliphatic rings. The maximum Gasteiger partial charge on any atom is 0.0665 e. The number of nitrogens with zero attached hydrogens (tertiary/aromatic N) is 2. The van der Waals surface area contributed by atoms with Gasteiger partial charge in [0.15, 0.2) is 0 Å². The minimum Gasteiger partial charge on any atom is -0.362 e. The van der Waals surface area contributed by atoms with Crippen molar-refractivity contribution in [3.05, 3.63) is 65.7 Å². The second-order valence-electron chi connectivity index (χ2n) is 5.10. The molecule has 0 fully saturated rings. The molecule has 3 nitrogen and oxygen atoms in total. The van der Waals surface area contributed by atoms with Crippen LogP contribution >= 0.6 is 0 Å². The van der Waals surface area contributed by atoms with Crippen molar-refractivity contribution in [3.63, 3.8) is 0 Å². The van der Waals surface area contributed by atoms with Crippen LogP contribution in [0.3, 0.4) is 0 Å². The zero-order chi connectivity index (χ0) is 15.1. The van der Waals surface area contributed by atoms with Crippen molar-refractivity contribution in [3.8, 4) is 6.07 Å². The van der Waals surface area contributed by atoms with Crippen molar-refractivity contribution in [2.24, 2.45) is 5.73 Å². The lowest BCUT2D eigenvalue weighted by atomic mass is 10.0. The molecule has 0 saturated carbocycles. The third-order valence-electron chi connectivity index (χ3n) is 3.61. The summed E-state index contributed by atoms with van der Waals surface area (Å²) in [5, 5.41) is 8.92. The first kappa shape index (κ1) is 15.1. The molecule has 0 aliphatic heterocycles. The van der Waals surface area contributed by atoms with Crippen LogP contribution in [0.2, 0.25) is 0 Å². The summed E-state index contributed by atoms with van der Waals surface area (Å²) in [6, 6.07) is 20.9. The van der Waals surface area contributed by atoms with Gasteiger partial charge >= 0.3 is 0 Å². The number of benzene rings is 2. The minimum absolute atomic E-state index is 0.0846. The first-order valence-electron chi connectivity index (χ1n) is 7.21. The van der Waals surface area contributed by atoms with Gasteiger partial charge in [0, 0.05) is 18.8 Å². The van der Waals surface area contributed by atoms with Crippen LogP contribution in [0.25, 0.3) is 0 Å². The Hall–Kier alpha value is -2.31. The van der Waals surface area contributed by atoms with E-state index in [2.05, 4.69) is 54.3 Å². The van der Waals surface area contributed by atoms with Crippen molar-refractivity contribution in [2.45, 2.75) is 19.4 Å². The van der Waals surface area contributed by atoms with E-state index in [0.717, 1.165) is 5.69 Å². The second-order valence-corrected chi connectivity index (χ2v) is 5.10. The van der Waals surface area contributed by atoms with Gasteiger partial charge in [-0.3, -0.25) is 0 Å². The van der Waals surface area contributed by atoms with E-state index in [1.165, 1.54) is 11.1 Å². The van der Waals surface area contributed by atoms with Gasteiger partial charge in [0.25, 0.3) is 0 Å². The summed E-state index contributed by atoms with van der Waals surface area (Å²) in [4.78, 5) is 2.22. The molecular weight excluding hydrogens is 258 g/mol. The number of nitriles is 1. The largest absolute Gasteiger partial charge is 0.362 e. The Kier molecular flexibility index (Phi) is 5.36. The molecule has 0 amide bonds. The van der Waals surface area contributed by atoms with Gasteiger partial charge in [0.2, 0.25) is 0 Å². The fourth-order valence-electron chi connectivity index (χ4n) is 2.49. The number of anilines is 1. The predicted octanol–water partition coefficient (Wildman–Crippen LogP) is 3.42. The number of rotatable bonds is 6. The molecule has 0 radical (unpaired) electrons. The first-order valence-corrected chi connectivity index (χ1v) is 7.21. The lowest BCUT2D eigenvalue weighted by Crippen LogP contribution is -2.34. The average Bonchev–Trinajstić information content (AvgIpc) is 2.53. The molecule has 2 aromatic carbocycles. The third kappa shape index (κ3) is 3.84. The highest BCUT2D eigenvalue weighted by Gasteiger charge is 2.19. The van der Waals surface area contributed by atoms with E-state index in [1.54, 1.807) is 0 Å². The topological polar surface area (TPSA) is 53.0 Å². The molecule has 2 aromatic rings. The molecule has 21 heavy (non-hydrogen) atoms. The Balaban J connectivity index is 2.33. The zero-order valence-electron chi connectivity index (χ0n) is 12.4. The lowest BCUT2D eigenvalue weighted by molar-refractivity contribution is 0.631. The Morgan fingerprint density at radius 3 is 2.33 bits per heavy atom. The Bertz CT molecular complexity index is 584. The molecule has 1 unspecified atom stereocenters. The van der Waals surface area contributed by atoms with Gasteiger partial charge < -0.3 is 10.6 Å². The molecule has 0 saturated heterocycles. The third-order valence-corrected chi connectivity index (χ3v) is 3.61. The molecular formula is C18H21N3. The van der Waals surface area contributed by atoms with Crippen LogP contribution in [0.15, 0.2) is 54.6 Å². The Morgan fingerprint density at radius 2 is 1.76 bits per heavy atom. The zero-order valence-corrected chi connectivity index (χ0v) is 12.4. The molecule has 108 valence electrons. The number of hydrogen-bond acceptors (Lipinski definition) is 3. The van der Waals surface area contributed by atoms with Crippen molar-refractivity contribution < 1.29 is 0 Å². The number of nitrogens with two attached hydrogens (primary N) is 1. The van der Waals surface area contributed by atoms with E-state index in [-0.39, 0.29) is 6.04 Å². The van der Waals surface area contributed by atoms with Gasteiger partial charge in [-0.15, -0.1) is 0 Å². The maximum atomic E-state index is 8.92. The van der Waals surface area contributed by atoms with Crippen LogP contribution in [0.4, 0.5) is 5.69 Å². The smallest absolute Gasteiger partial charge is 0.0665 e. The Labute approximate surface area is 126 Å². The highest BCUT2D eigenvalue weighted by atomic mass is 15.2. The van der Waals surface area contributed by atoms with Crippen LogP contribution in [0.1, 0.15) is 23.6 Å². The summed E-state index contributed by atoms with van der Waals surface area (Å²) in [6.07, 6.45) is 0.483. The molecule has 0 spiro atoms. The number of aryl methyl sites for hydroxylation is 1. The van der Waals surface area contributed by atoms with Crippen LogP contribution in [-0.4, -0.2) is 13.1 Å². The van der Waals surface area contributed by atoms with E-state index >= 15 is 0 Å². The molecule has 0 heterocycles. The van der Waals surface area contributed by atoms with Gasteiger partial charge in [0.1, 0.15) is 0 Å². The standard InChI is InChI=1S/C18H21N3/c1-15-8-10-16(11-9-15)18(14-20)21(13-5-12-19)17-6-3-2-4-7-17/h2-4,6-11,18H,5,13-14,20H2,1H3. The molecule has 3 heteroatoms. The SMILES string of the molecule is Cc1ccc(C(CN)N(CCC#N)c2ccccc2)cc1. The van der Waals surface area contributed by atoms with Crippen molar-refractivity contribution in [1.82, 2.24) is 0 Å². The van der Waals surface area contributed by atoms with E-state index in [0.29, 0.717) is 19.5 Å². The highest BCUT2D eigenvalue weighted by Crippen LogP contribution is 2.26. The maximum absolute atomic E-state index is 8.92. The monoisotopic (exact) mass is 279 g/mol. The summed E-state index contributed by atoms with van der Waals surface area (Å²) in [5.41, 5.74) is 9.55. The summed E-state index contributed by atoms with van der Waals surface area (Å²) in [7, 11) is 0. The van der Waals surface area contributed by atoms with Gasteiger partial charge in [-0.25, -0.2) is 0 Å². The fraction of sp³-hybridized carbons (Fsp3) is 0.278. The molecule has 1 atom stereocenters. The average molecular weight is 279 g/mol. The summed E-state index contributed by atoms with van der Waals surface area (Å²) < 4.78 is 0. The highest BCUT2D eigenvalue weighted by molar-refractivity contribution is 5.49. The van der Waals surface area contributed by atoms with Crippen LogP contribution < -0.4 is 10.6 Å². The van der Waals surface area contributed by atoms with Crippen LogP contribution in [0, 0.1) is 18.3 Å². The number of para-hydroxylation sites is 1. The molecule has 2 N–H and O–H groups in total. The van der Waals surface area contributed by atoms with Crippen LogP contribution in [0.5, 0.6) is 0 Å². The van der Waals surface area contributed by atoms with E-state index < -0.39 is 0 Å². The van der Waals surface area contributed by atoms with Crippen molar-refractivity contribution in [2.75, 3.05) is 18.0 Å². The Morgan fingerprint density at radius 1 is 1.10 bits per heavy atom. The molecule has 2 rings (SSSR count). The summed E-state index contributed by atoms with van der Waals surface area (Å²) in [6.45, 7) is 3.27. The minimum atomic E-state index is 0.0846. The van der Waals surface area contributed by atoms with Gasteiger partial charge in [-0.2, -0.15) is 5.26 Å². The van der Waals surface area contributed by atoms with E-state index in [1.807, 2.05) is 18.2 Å². The summed E-state index contributed by atoms with van der Waals surface area (Å²) in [5.74, 6) is 0. The predicted molar refractivity (Wildman–Crippen MR) is 87.0 cm³/mol. The lowest BCUT2D eigenvalue weighted by Gasteiger charge is -2.33. The van der Waals surface area contributed by atoms with Crippen molar-refractivity contribution in [1.29, 1.82) is 5.26 Å². The van der Waals surface area contributed by atoms with Gasteiger partial charge in [-0.1, -0.05) is 48.0 Å². The van der Waals surface area contributed by atoms with Crippen LogP contribution in [-0.2, 0) is 0 Å². The number of hydrogen-bond donors (Lipinski definition) is 1.